The summed E-state index contributed by atoms with van der Waals surface area (Å²) in [7, 11) is 2.94. The lowest BCUT2D eigenvalue weighted by molar-refractivity contribution is -0.153. The van der Waals surface area contributed by atoms with Crippen molar-refractivity contribution in [2.24, 2.45) is 12.5 Å². The molecule has 2 atom stereocenters. The van der Waals surface area contributed by atoms with Gasteiger partial charge in [-0.05, 0) is 50.5 Å². The summed E-state index contributed by atoms with van der Waals surface area (Å²) < 4.78 is 93.8. The highest BCUT2D eigenvalue weighted by Crippen LogP contribution is 2.37. The quantitative estimate of drug-likeness (QED) is 0.201. The van der Waals surface area contributed by atoms with Crippen LogP contribution in [0.5, 0.6) is 0 Å². The molecule has 46 heavy (non-hydrogen) atoms. The number of nitrogens with zero attached hydrogens (tertiary/aromatic N) is 6. The lowest BCUT2D eigenvalue weighted by atomic mass is 9.95. The SMILES string of the molecule is CCC1C[C@H](N(Cc2cc(C(F)(F)F)cc(C(F)(F)F)c2)c2ncc(-c3cnn(C)c3)cn2)CN1C(=O)OCC(C)(C)C(=O)OC. The number of halogens is 6. The molecule has 0 spiro atoms. The minimum Gasteiger partial charge on any atom is -0.469 e. The molecule has 1 aliphatic heterocycles. The zero-order valence-corrected chi connectivity index (χ0v) is 25.8. The first-order chi connectivity index (χ1) is 21.4. The van der Waals surface area contributed by atoms with Gasteiger partial charge in [-0.25, -0.2) is 14.8 Å². The van der Waals surface area contributed by atoms with Crippen LogP contribution in [0.2, 0.25) is 0 Å². The number of anilines is 1. The second kappa shape index (κ2) is 13.2. The Labute approximate surface area is 261 Å². The van der Waals surface area contributed by atoms with E-state index in [4.69, 9.17) is 9.47 Å². The van der Waals surface area contributed by atoms with Crippen molar-refractivity contribution >= 4 is 18.0 Å². The number of carbonyl (C=O) groups excluding carboxylic acids is 2. The fourth-order valence-corrected chi connectivity index (χ4v) is 5.25. The lowest BCUT2D eigenvalue weighted by Crippen LogP contribution is -2.42. The van der Waals surface area contributed by atoms with Gasteiger partial charge in [0.15, 0.2) is 0 Å². The molecule has 1 saturated heterocycles. The molecule has 16 heteroatoms. The number of ether oxygens (including phenoxy) is 2. The van der Waals surface area contributed by atoms with Crippen LogP contribution >= 0.6 is 0 Å². The molecule has 1 unspecified atom stereocenters. The third kappa shape index (κ3) is 7.88. The number of rotatable bonds is 9. The van der Waals surface area contributed by atoms with Gasteiger partial charge in [0.05, 0.1) is 35.9 Å². The van der Waals surface area contributed by atoms with Crippen molar-refractivity contribution in [1.29, 1.82) is 0 Å². The van der Waals surface area contributed by atoms with Gasteiger partial charge in [0.1, 0.15) is 6.61 Å². The number of hydrogen-bond donors (Lipinski definition) is 0. The smallest absolute Gasteiger partial charge is 0.416 e. The van der Waals surface area contributed by atoms with Crippen molar-refractivity contribution < 1.29 is 45.4 Å². The van der Waals surface area contributed by atoms with E-state index in [0.29, 0.717) is 36.1 Å². The number of alkyl halides is 6. The van der Waals surface area contributed by atoms with Gasteiger partial charge < -0.3 is 19.3 Å². The minimum atomic E-state index is -5.03. The standard InChI is InChI=1S/C30H34F6N6O4/c1-6-23-10-24(16-42(23)27(44)46-17-28(2,3)25(43)45-5)41(26-37-11-19(12-38-26)20-13-39-40(4)15-20)14-18-7-21(29(31,32)33)9-22(8-18)30(34,35)36/h7-9,11-13,15,23-24H,6,10,14,16-17H2,1-5H3/t23?,24-/m0/s1. The number of benzene rings is 1. The maximum atomic E-state index is 13.7. The largest absolute Gasteiger partial charge is 0.469 e. The summed E-state index contributed by atoms with van der Waals surface area (Å²) in [6.07, 6.45) is -3.73. The van der Waals surface area contributed by atoms with E-state index in [9.17, 15) is 35.9 Å². The normalized spacial score (nSPS) is 17.2. The Bertz CT molecular complexity index is 1510. The van der Waals surface area contributed by atoms with Gasteiger partial charge >= 0.3 is 24.4 Å². The first-order valence-corrected chi connectivity index (χ1v) is 14.3. The van der Waals surface area contributed by atoms with E-state index in [2.05, 4.69) is 15.1 Å². The van der Waals surface area contributed by atoms with Gasteiger partial charge in [-0.2, -0.15) is 31.4 Å². The highest BCUT2D eigenvalue weighted by Gasteiger charge is 2.41. The van der Waals surface area contributed by atoms with E-state index >= 15 is 0 Å². The fourth-order valence-electron chi connectivity index (χ4n) is 5.25. The van der Waals surface area contributed by atoms with Gasteiger partial charge in [0.2, 0.25) is 5.95 Å². The first-order valence-electron chi connectivity index (χ1n) is 14.3. The summed E-state index contributed by atoms with van der Waals surface area (Å²) in [5.74, 6) is -0.537. The molecule has 10 nitrogen and oxygen atoms in total. The van der Waals surface area contributed by atoms with E-state index in [1.165, 1.54) is 29.3 Å². The van der Waals surface area contributed by atoms with Gasteiger partial charge in [-0.3, -0.25) is 9.48 Å². The Hall–Kier alpha value is -4.37. The molecular weight excluding hydrogens is 622 g/mol. The molecule has 3 aromatic rings. The lowest BCUT2D eigenvalue weighted by Gasteiger charge is -2.30. The van der Waals surface area contributed by atoms with E-state index in [1.807, 2.05) is 6.92 Å². The number of amides is 1. The highest BCUT2D eigenvalue weighted by atomic mass is 19.4. The van der Waals surface area contributed by atoms with Crippen molar-refractivity contribution in [2.75, 3.05) is 25.2 Å². The third-order valence-corrected chi connectivity index (χ3v) is 7.77. The van der Waals surface area contributed by atoms with Crippen molar-refractivity contribution in [3.63, 3.8) is 0 Å². The van der Waals surface area contributed by atoms with Crippen LogP contribution in [0.25, 0.3) is 11.1 Å². The molecule has 0 N–H and O–H groups in total. The number of esters is 1. The van der Waals surface area contributed by atoms with Crippen LogP contribution in [0.1, 0.15) is 50.3 Å². The number of hydrogen-bond acceptors (Lipinski definition) is 8. The Balaban J connectivity index is 1.69. The monoisotopic (exact) mass is 656 g/mol. The molecule has 1 amide bonds. The fraction of sp³-hybridized carbons (Fsp3) is 0.500. The maximum absolute atomic E-state index is 13.7. The maximum Gasteiger partial charge on any atom is 0.416 e. The zero-order chi connectivity index (χ0) is 34.0. The molecule has 3 heterocycles. The zero-order valence-electron chi connectivity index (χ0n) is 25.8. The Kier molecular flexibility index (Phi) is 9.87. The Morgan fingerprint density at radius 2 is 1.59 bits per heavy atom. The Morgan fingerprint density at radius 1 is 0.978 bits per heavy atom. The second-order valence-corrected chi connectivity index (χ2v) is 11.8. The molecule has 0 bridgehead atoms. The number of likely N-dealkylation sites (tertiary alicyclic amines) is 1. The van der Waals surface area contributed by atoms with Crippen molar-refractivity contribution in [3.8, 4) is 11.1 Å². The van der Waals surface area contributed by atoms with Gasteiger partial charge in [-0.1, -0.05) is 6.92 Å². The van der Waals surface area contributed by atoms with Gasteiger partial charge in [-0.15, -0.1) is 0 Å². The van der Waals surface area contributed by atoms with E-state index < -0.39 is 53.5 Å². The summed E-state index contributed by atoms with van der Waals surface area (Å²) in [6, 6.07) is 0.407. The summed E-state index contributed by atoms with van der Waals surface area (Å²) in [4.78, 5) is 37.0. The van der Waals surface area contributed by atoms with Crippen LogP contribution in [0, 0.1) is 5.41 Å². The van der Waals surface area contributed by atoms with Crippen LogP contribution < -0.4 is 4.90 Å². The van der Waals surface area contributed by atoms with E-state index in [-0.39, 0.29) is 36.8 Å². The molecule has 0 aliphatic carbocycles. The van der Waals surface area contributed by atoms with E-state index in [1.54, 1.807) is 38.0 Å². The number of aryl methyl sites for hydroxylation is 1. The summed E-state index contributed by atoms with van der Waals surface area (Å²) in [5.41, 5.74) is -2.99. The van der Waals surface area contributed by atoms with Gasteiger partial charge in [0, 0.05) is 55.9 Å². The molecule has 0 radical (unpaired) electrons. The molecule has 1 fully saturated rings. The number of carbonyl (C=O) groups is 2. The molecule has 1 aromatic carbocycles. The average Bonchev–Trinajstić information content (AvgIpc) is 3.64. The van der Waals surface area contributed by atoms with E-state index in [0.717, 1.165) is 0 Å². The molecule has 2 aromatic heterocycles. The first kappa shape index (κ1) is 34.5. The molecular formula is C30H34F6N6O4. The topological polar surface area (TPSA) is 103 Å². The third-order valence-electron chi connectivity index (χ3n) is 7.77. The van der Waals surface area contributed by atoms with Crippen LogP contribution in [0.3, 0.4) is 0 Å². The molecule has 250 valence electrons. The predicted octanol–water partition coefficient (Wildman–Crippen LogP) is 6.11. The molecule has 0 saturated carbocycles. The second-order valence-electron chi connectivity index (χ2n) is 11.8. The van der Waals surface area contributed by atoms with Crippen molar-refractivity contribution in [3.05, 3.63) is 59.7 Å². The van der Waals surface area contributed by atoms with Crippen LogP contribution in [-0.4, -0.2) is 69.1 Å². The van der Waals surface area contributed by atoms with Gasteiger partial charge in [0.25, 0.3) is 0 Å². The van der Waals surface area contributed by atoms with Crippen LogP contribution in [-0.2, 0) is 40.2 Å². The predicted molar refractivity (Wildman–Crippen MR) is 153 cm³/mol. The highest BCUT2D eigenvalue weighted by molar-refractivity contribution is 5.76. The average molecular weight is 657 g/mol. The summed E-state index contributed by atoms with van der Waals surface area (Å²) >= 11 is 0. The molecule has 1 aliphatic rings. The van der Waals surface area contributed by atoms with Crippen molar-refractivity contribution in [1.82, 2.24) is 24.6 Å². The van der Waals surface area contributed by atoms with Crippen LogP contribution in [0.4, 0.5) is 37.1 Å². The molecule has 4 rings (SSSR count). The van der Waals surface area contributed by atoms with Crippen LogP contribution in [0.15, 0.2) is 43.0 Å². The summed E-state index contributed by atoms with van der Waals surface area (Å²) in [5, 5.41) is 4.10. The number of methoxy groups -OCH3 is 1. The Morgan fingerprint density at radius 3 is 2.09 bits per heavy atom. The summed E-state index contributed by atoms with van der Waals surface area (Å²) in [6.45, 7) is 4.25. The van der Waals surface area contributed by atoms with Crippen molar-refractivity contribution in [2.45, 2.75) is 64.6 Å². The minimum absolute atomic E-state index is 0.00873. The number of aromatic nitrogens is 4.